The van der Waals surface area contributed by atoms with Crippen molar-refractivity contribution in [1.29, 1.82) is 0 Å². The second-order valence-electron chi connectivity index (χ2n) is 4.02. The number of carbonyl (C=O) groups is 1. The van der Waals surface area contributed by atoms with E-state index < -0.39 is 17.5 Å². The minimum atomic E-state index is -1.11. The molecule has 0 spiro atoms. The summed E-state index contributed by atoms with van der Waals surface area (Å²) < 4.78 is 27.5. The van der Waals surface area contributed by atoms with Crippen LogP contribution in [0.1, 0.15) is 16.1 Å². The summed E-state index contributed by atoms with van der Waals surface area (Å²) in [6, 6.07) is 3.29. The average Bonchev–Trinajstić information content (AvgIpc) is 2.77. The van der Waals surface area contributed by atoms with Gasteiger partial charge in [0, 0.05) is 25.0 Å². The van der Waals surface area contributed by atoms with Crippen molar-refractivity contribution in [3.05, 3.63) is 47.3 Å². The van der Waals surface area contributed by atoms with Crippen LogP contribution in [0.5, 0.6) is 0 Å². The summed E-state index contributed by atoms with van der Waals surface area (Å²) >= 11 is 0. The summed E-state index contributed by atoms with van der Waals surface area (Å²) in [7, 11) is 1.75. The van der Waals surface area contributed by atoms with Gasteiger partial charge in [-0.25, -0.2) is 8.78 Å². The second kappa shape index (κ2) is 5.05. The lowest BCUT2D eigenvalue weighted by Crippen LogP contribution is -2.24. The van der Waals surface area contributed by atoms with E-state index in [9.17, 15) is 13.6 Å². The van der Waals surface area contributed by atoms with Crippen molar-refractivity contribution in [2.24, 2.45) is 7.05 Å². The first-order chi connectivity index (χ1) is 8.97. The van der Waals surface area contributed by atoms with Gasteiger partial charge in [-0.1, -0.05) is 0 Å². The third-order valence-electron chi connectivity index (χ3n) is 2.54. The standard InChI is InChI=1S/C12H12F2N4O/c1-18-3-2-7(17-18)6-16-12(19)8-4-9(13)10(14)5-11(8)15/h2-5H,6,15H2,1H3,(H,16,19). The molecule has 19 heavy (non-hydrogen) atoms. The van der Waals surface area contributed by atoms with E-state index in [1.54, 1.807) is 24.0 Å². The fraction of sp³-hybridized carbons (Fsp3) is 0.167. The van der Waals surface area contributed by atoms with Gasteiger partial charge in [0.1, 0.15) is 0 Å². The highest BCUT2D eigenvalue weighted by molar-refractivity contribution is 5.99. The molecule has 0 unspecified atom stereocenters. The van der Waals surface area contributed by atoms with Gasteiger partial charge < -0.3 is 11.1 Å². The topological polar surface area (TPSA) is 72.9 Å². The second-order valence-corrected chi connectivity index (χ2v) is 4.02. The summed E-state index contributed by atoms with van der Waals surface area (Å²) in [4.78, 5) is 11.8. The first-order valence-electron chi connectivity index (χ1n) is 5.48. The van der Waals surface area contributed by atoms with Gasteiger partial charge in [0.2, 0.25) is 0 Å². The lowest BCUT2D eigenvalue weighted by molar-refractivity contribution is 0.0950. The van der Waals surface area contributed by atoms with E-state index in [0.29, 0.717) is 5.69 Å². The van der Waals surface area contributed by atoms with Crippen molar-refractivity contribution in [2.45, 2.75) is 6.54 Å². The summed E-state index contributed by atoms with van der Waals surface area (Å²) in [5, 5.41) is 6.60. The molecule has 2 rings (SSSR count). The highest BCUT2D eigenvalue weighted by atomic mass is 19.2. The third kappa shape index (κ3) is 2.87. The number of carbonyl (C=O) groups excluding carboxylic acids is 1. The minimum Gasteiger partial charge on any atom is -0.398 e. The number of hydrogen-bond donors (Lipinski definition) is 2. The molecule has 0 atom stereocenters. The number of nitrogens with one attached hydrogen (secondary N) is 1. The number of aromatic nitrogens is 2. The summed E-state index contributed by atoms with van der Waals surface area (Å²) in [5.74, 6) is -2.78. The fourth-order valence-corrected chi connectivity index (χ4v) is 1.58. The molecule has 5 nitrogen and oxygen atoms in total. The molecule has 0 bridgehead atoms. The Balaban J connectivity index is 2.10. The quantitative estimate of drug-likeness (QED) is 0.820. The zero-order valence-electron chi connectivity index (χ0n) is 10.2. The number of nitrogens with two attached hydrogens (primary N) is 1. The Morgan fingerprint density at radius 1 is 1.42 bits per heavy atom. The van der Waals surface area contributed by atoms with E-state index in [4.69, 9.17) is 5.73 Å². The van der Waals surface area contributed by atoms with Crippen LogP contribution < -0.4 is 11.1 Å². The number of benzene rings is 1. The van der Waals surface area contributed by atoms with Crippen LogP contribution in [0.2, 0.25) is 0 Å². The number of anilines is 1. The first kappa shape index (κ1) is 13.0. The number of amides is 1. The monoisotopic (exact) mass is 266 g/mol. The normalized spacial score (nSPS) is 10.5. The Hall–Kier alpha value is -2.44. The Morgan fingerprint density at radius 2 is 2.11 bits per heavy atom. The van der Waals surface area contributed by atoms with E-state index in [2.05, 4.69) is 10.4 Å². The maximum Gasteiger partial charge on any atom is 0.253 e. The molecule has 0 aliphatic carbocycles. The molecular formula is C12H12F2N4O. The molecule has 1 aromatic carbocycles. The number of aryl methyl sites for hydroxylation is 1. The number of rotatable bonds is 3. The number of nitrogen functional groups attached to an aromatic ring is 1. The molecule has 100 valence electrons. The molecule has 1 heterocycles. The van der Waals surface area contributed by atoms with Crippen molar-refractivity contribution >= 4 is 11.6 Å². The van der Waals surface area contributed by atoms with Crippen LogP contribution in [-0.2, 0) is 13.6 Å². The number of nitrogens with zero attached hydrogens (tertiary/aromatic N) is 2. The van der Waals surface area contributed by atoms with Crippen LogP contribution >= 0.6 is 0 Å². The van der Waals surface area contributed by atoms with Crippen molar-refractivity contribution in [3.63, 3.8) is 0 Å². The Morgan fingerprint density at radius 3 is 2.74 bits per heavy atom. The first-order valence-corrected chi connectivity index (χ1v) is 5.48. The molecule has 1 aromatic heterocycles. The van der Waals surface area contributed by atoms with Gasteiger partial charge in [0.05, 0.1) is 17.8 Å². The van der Waals surface area contributed by atoms with Crippen molar-refractivity contribution in [2.75, 3.05) is 5.73 Å². The molecule has 0 radical (unpaired) electrons. The van der Waals surface area contributed by atoms with Crippen molar-refractivity contribution < 1.29 is 13.6 Å². The minimum absolute atomic E-state index is 0.102. The molecule has 1 amide bonds. The summed E-state index contributed by atoms with van der Waals surface area (Å²) in [6.45, 7) is 0.179. The Kier molecular flexibility index (Phi) is 3.46. The van der Waals surface area contributed by atoms with Gasteiger partial charge in [-0.3, -0.25) is 9.48 Å². The Bertz CT molecular complexity index is 624. The molecule has 2 aromatic rings. The van der Waals surface area contributed by atoms with Crippen molar-refractivity contribution in [3.8, 4) is 0 Å². The van der Waals surface area contributed by atoms with Crippen LogP contribution in [0.4, 0.5) is 14.5 Å². The van der Waals surface area contributed by atoms with Crippen LogP contribution in [0, 0.1) is 11.6 Å². The third-order valence-corrected chi connectivity index (χ3v) is 2.54. The van der Waals surface area contributed by atoms with Gasteiger partial charge in [0.15, 0.2) is 11.6 Å². The van der Waals surface area contributed by atoms with Crippen LogP contribution in [-0.4, -0.2) is 15.7 Å². The fourth-order valence-electron chi connectivity index (χ4n) is 1.58. The zero-order chi connectivity index (χ0) is 14.0. The maximum absolute atomic E-state index is 13.1. The molecule has 3 N–H and O–H groups in total. The van der Waals surface area contributed by atoms with Crippen LogP contribution in [0.15, 0.2) is 24.4 Å². The molecule has 0 saturated heterocycles. The molecular weight excluding hydrogens is 254 g/mol. The van der Waals surface area contributed by atoms with Crippen LogP contribution in [0.3, 0.4) is 0 Å². The van der Waals surface area contributed by atoms with E-state index in [0.717, 1.165) is 12.1 Å². The maximum atomic E-state index is 13.1. The lowest BCUT2D eigenvalue weighted by Gasteiger charge is -2.07. The molecule has 7 heteroatoms. The van der Waals surface area contributed by atoms with E-state index in [1.165, 1.54) is 0 Å². The van der Waals surface area contributed by atoms with Gasteiger partial charge in [-0.15, -0.1) is 0 Å². The average molecular weight is 266 g/mol. The highest BCUT2D eigenvalue weighted by Crippen LogP contribution is 2.16. The highest BCUT2D eigenvalue weighted by Gasteiger charge is 2.14. The largest absolute Gasteiger partial charge is 0.398 e. The van der Waals surface area contributed by atoms with Gasteiger partial charge in [0.25, 0.3) is 5.91 Å². The molecule has 0 saturated carbocycles. The predicted molar refractivity (Wildman–Crippen MR) is 65.1 cm³/mol. The van der Waals surface area contributed by atoms with Gasteiger partial charge in [-0.2, -0.15) is 5.10 Å². The van der Waals surface area contributed by atoms with Crippen LogP contribution in [0.25, 0.3) is 0 Å². The Labute approximate surface area is 108 Å². The van der Waals surface area contributed by atoms with E-state index in [1.807, 2.05) is 0 Å². The zero-order valence-corrected chi connectivity index (χ0v) is 10.2. The van der Waals surface area contributed by atoms with E-state index in [-0.39, 0.29) is 17.8 Å². The van der Waals surface area contributed by atoms with Gasteiger partial charge >= 0.3 is 0 Å². The predicted octanol–water partition coefficient (Wildman–Crippen LogP) is 1.21. The lowest BCUT2D eigenvalue weighted by atomic mass is 10.1. The smallest absolute Gasteiger partial charge is 0.253 e. The number of hydrogen-bond acceptors (Lipinski definition) is 3. The molecule has 0 fully saturated rings. The molecule has 0 aliphatic rings. The summed E-state index contributed by atoms with van der Waals surface area (Å²) in [5.41, 5.74) is 5.91. The SMILES string of the molecule is Cn1ccc(CNC(=O)c2cc(F)c(F)cc2N)n1. The summed E-state index contributed by atoms with van der Waals surface area (Å²) in [6.07, 6.45) is 1.73. The van der Waals surface area contributed by atoms with Gasteiger partial charge in [-0.05, 0) is 12.1 Å². The van der Waals surface area contributed by atoms with E-state index >= 15 is 0 Å². The number of halogens is 2. The molecule has 0 aliphatic heterocycles. The van der Waals surface area contributed by atoms with Crippen molar-refractivity contribution in [1.82, 2.24) is 15.1 Å².